The molecule has 0 spiro atoms. The van der Waals surface area contributed by atoms with Crippen LogP contribution in [0.15, 0.2) is 30.5 Å². The highest BCUT2D eigenvalue weighted by atomic mass is 16.5. The molecular weight excluding hydrogens is 330 g/mol. The van der Waals surface area contributed by atoms with E-state index in [0.29, 0.717) is 11.3 Å². The van der Waals surface area contributed by atoms with E-state index in [9.17, 15) is 4.79 Å². The van der Waals surface area contributed by atoms with E-state index in [-0.39, 0.29) is 11.9 Å². The number of ether oxygens (including phenoxy) is 1. The predicted octanol–water partition coefficient (Wildman–Crippen LogP) is 1.96. The maximum atomic E-state index is 11.7. The lowest BCUT2D eigenvalue weighted by molar-refractivity contribution is 0.0955. The van der Waals surface area contributed by atoms with Crippen LogP contribution in [-0.2, 0) is 6.54 Å². The second kappa shape index (κ2) is 8.02. The second-order valence-electron chi connectivity index (χ2n) is 6.43. The molecule has 1 atom stereocenters. The number of piperidine rings is 1. The Morgan fingerprint density at radius 1 is 1.46 bits per heavy atom. The van der Waals surface area contributed by atoms with Gasteiger partial charge in [0.05, 0.1) is 24.8 Å². The molecule has 1 aliphatic heterocycles. The molecule has 7 nitrogen and oxygen atoms in total. The van der Waals surface area contributed by atoms with Gasteiger partial charge in [0.2, 0.25) is 0 Å². The van der Waals surface area contributed by atoms with Gasteiger partial charge >= 0.3 is 0 Å². The quantitative estimate of drug-likeness (QED) is 0.888. The highest BCUT2D eigenvalue weighted by Crippen LogP contribution is 2.26. The summed E-state index contributed by atoms with van der Waals surface area (Å²) >= 11 is 0. The first-order chi connectivity index (χ1) is 12.6. The van der Waals surface area contributed by atoms with E-state index in [4.69, 9.17) is 10.00 Å². The summed E-state index contributed by atoms with van der Waals surface area (Å²) in [6.45, 7) is 2.55. The standard InChI is InChI=1S/C19H23N5O2/c1-21-19(25)17-7-9-24(22-17)16-4-3-8-23(13-16)12-15-10-14(11-20)5-6-18(15)26-2/h5-7,9-10,16H,3-4,8,12-13H2,1-2H3,(H,21,25). The van der Waals surface area contributed by atoms with Crippen LogP contribution >= 0.6 is 0 Å². The average Bonchev–Trinajstić information content (AvgIpc) is 3.18. The largest absolute Gasteiger partial charge is 0.496 e. The maximum absolute atomic E-state index is 11.7. The lowest BCUT2D eigenvalue weighted by Gasteiger charge is -2.33. The number of carbonyl (C=O) groups is 1. The van der Waals surface area contributed by atoms with E-state index in [0.717, 1.165) is 43.8 Å². The third-order valence-corrected chi connectivity index (χ3v) is 4.73. The molecule has 136 valence electrons. The molecule has 0 aliphatic carbocycles. The zero-order valence-corrected chi connectivity index (χ0v) is 15.1. The van der Waals surface area contributed by atoms with Gasteiger partial charge in [0.1, 0.15) is 11.4 Å². The van der Waals surface area contributed by atoms with Crippen LogP contribution in [0.2, 0.25) is 0 Å². The van der Waals surface area contributed by atoms with Gasteiger partial charge in [-0.25, -0.2) is 0 Å². The molecule has 1 aromatic heterocycles. The van der Waals surface area contributed by atoms with Gasteiger partial charge in [0.25, 0.3) is 5.91 Å². The molecule has 1 aromatic carbocycles. The van der Waals surface area contributed by atoms with Crippen molar-refractivity contribution in [3.63, 3.8) is 0 Å². The van der Waals surface area contributed by atoms with Crippen molar-refractivity contribution in [3.05, 3.63) is 47.3 Å². The summed E-state index contributed by atoms with van der Waals surface area (Å²) in [5, 5.41) is 16.2. The van der Waals surface area contributed by atoms with Crippen molar-refractivity contribution in [1.29, 1.82) is 5.26 Å². The summed E-state index contributed by atoms with van der Waals surface area (Å²) < 4.78 is 7.33. The van der Waals surface area contributed by atoms with E-state index in [1.165, 1.54) is 0 Å². The van der Waals surface area contributed by atoms with Crippen LogP contribution in [0, 0.1) is 11.3 Å². The Hall–Kier alpha value is -2.85. The van der Waals surface area contributed by atoms with Crippen LogP contribution in [0.4, 0.5) is 0 Å². The van der Waals surface area contributed by atoms with Gasteiger partial charge in [0, 0.05) is 31.9 Å². The maximum Gasteiger partial charge on any atom is 0.271 e. The molecular formula is C19H23N5O2. The highest BCUT2D eigenvalue weighted by molar-refractivity contribution is 5.91. The van der Waals surface area contributed by atoms with Gasteiger partial charge in [-0.3, -0.25) is 14.4 Å². The van der Waals surface area contributed by atoms with Crippen LogP contribution in [0.3, 0.4) is 0 Å². The first kappa shape index (κ1) is 18.0. The molecule has 1 fully saturated rings. The van der Waals surface area contributed by atoms with Crippen molar-refractivity contribution < 1.29 is 9.53 Å². The number of nitrogens with zero attached hydrogens (tertiary/aromatic N) is 4. The number of carbonyl (C=O) groups excluding carboxylic acids is 1. The minimum Gasteiger partial charge on any atom is -0.496 e. The fraction of sp³-hybridized carbons (Fsp3) is 0.421. The van der Waals surface area contributed by atoms with Gasteiger partial charge in [-0.05, 0) is 43.7 Å². The predicted molar refractivity (Wildman–Crippen MR) is 96.9 cm³/mol. The van der Waals surface area contributed by atoms with Crippen molar-refractivity contribution in [1.82, 2.24) is 20.0 Å². The molecule has 1 aliphatic rings. The molecule has 0 bridgehead atoms. The Balaban J connectivity index is 1.72. The molecule has 0 radical (unpaired) electrons. The van der Waals surface area contributed by atoms with Crippen LogP contribution in [-0.4, -0.2) is 47.8 Å². The lowest BCUT2D eigenvalue weighted by atomic mass is 10.0. The van der Waals surface area contributed by atoms with Crippen LogP contribution in [0.1, 0.15) is 40.5 Å². The van der Waals surface area contributed by atoms with Gasteiger partial charge in [-0.15, -0.1) is 0 Å². The van der Waals surface area contributed by atoms with Crippen LogP contribution < -0.4 is 10.1 Å². The topological polar surface area (TPSA) is 83.2 Å². The number of hydrogen-bond acceptors (Lipinski definition) is 5. The van der Waals surface area contributed by atoms with Crippen molar-refractivity contribution in [3.8, 4) is 11.8 Å². The van der Waals surface area contributed by atoms with Crippen LogP contribution in [0.25, 0.3) is 0 Å². The first-order valence-corrected chi connectivity index (χ1v) is 8.71. The molecule has 1 N–H and O–H groups in total. The normalized spacial score (nSPS) is 17.5. The zero-order chi connectivity index (χ0) is 18.5. The van der Waals surface area contributed by atoms with E-state index in [2.05, 4.69) is 21.4 Å². The summed E-state index contributed by atoms with van der Waals surface area (Å²) in [6, 6.07) is 9.66. The molecule has 1 saturated heterocycles. The number of hydrogen-bond donors (Lipinski definition) is 1. The van der Waals surface area contributed by atoms with Gasteiger partial charge in [-0.1, -0.05) is 0 Å². The zero-order valence-electron chi connectivity index (χ0n) is 15.1. The molecule has 7 heteroatoms. The lowest BCUT2D eigenvalue weighted by Crippen LogP contribution is -2.36. The Kier molecular flexibility index (Phi) is 5.54. The highest BCUT2D eigenvalue weighted by Gasteiger charge is 2.23. The number of nitriles is 1. The number of likely N-dealkylation sites (tertiary alicyclic amines) is 1. The molecule has 2 heterocycles. The molecule has 0 saturated carbocycles. The van der Waals surface area contributed by atoms with Gasteiger partial charge < -0.3 is 10.1 Å². The Labute approximate surface area is 153 Å². The monoisotopic (exact) mass is 353 g/mol. The summed E-state index contributed by atoms with van der Waals surface area (Å²) in [5.74, 6) is 0.626. The van der Waals surface area contributed by atoms with E-state index < -0.39 is 0 Å². The molecule has 2 aromatic rings. The fourth-order valence-corrected chi connectivity index (χ4v) is 3.39. The number of methoxy groups -OCH3 is 1. The van der Waals surface area contributed by atoms with E-state index in [1.54, 1.807) is 26.3 Å². The Morgan fingerprint density at radius 3 is 3.04 bits per heavy atom. The number of rotatable bonds is 5. The third-order valence-electron chi connectivity index (χ3n) is 4.73. The first-order valence-electron chi connectivity index (χ1n) is 8.71. The Bertz CT molecular complexity index is 824. The van der Waals surface area contributed by atoms with Crippen LogP contribution in [0.5, 0.6) is 5.75 Å². The van der Waals surface area contributed by atoms with Gasteiger partial charge in [0.15, 0.2) is 0 Å². The minimum atomic E-state index is -0.172. The summed E-state index contributed by atoms with van der Waals surface area (Å²) in [7, 11) is 3.25. The van der Waals surface area contributed by atoms with E-state index >= 15 is 0 Å². The van der Waals surface area contributed by atoms with Crippen molar-refractivity contribution in [2.24, 2.45) is 0 Å². The molecule has 3 rings (SSSR count). The smallest absolute Gasteiger partial charge is 0.271 e. The second-order valence-corrected chi connectivity index (χ2v) is 6.43. The van der Waals surface area contributed by atoms with Crippen molar-refractivity contribution in [2.75, 3.05) is 27.2 Å². The third kappa shape index (κ3) is 3.86. The average molecular weight is 353 g/mol. The number of aromatic nitrogens is 2. The fourth-order valence-electron chi connectivity index (χ4n) is 3.39. The van der Waals surface area contributed by atoms with Crippen molar-refractivity contribution >= 4 is 5.91 Å². The molecule has 1 unspecified atom stereocenters. The Morgan fingerprint density at radius 2 is 2.31 bits per heavy atom. The number of nitrogens with one attached hydrogen (secondary N) is 1. The SMILES string of the molecule is CNC(=O)c1ccn(C2CCCN(Cc3cc(C#N)ccc3OC)C2)n1. The molecule has 26 heavy (non-hydrogen) atoms. The summed E-state index contributed by atoms with van der Waals surface area (Å²) in [4.78, 5) is 14.1. The summed E-state index contributed by atoms with van der Waals surface area (Å²) in [5.41, 5.74) is 2.09. The van der Waals surface area contributed by atoms with Gasteiger partial charge in [-0.2, -0.15) is 10.4 Å². The number of benzene rings is 1. The van der Waals surface area contributed by atoms with E-state index in [1.807, 2.05) is 23.0 Å². The summed E-state index contributed by atoms with van der Waals surface area (Å²) in [6.07, 6.45) is 3.95. The number of amides is 1. The molecule has 1 amide bonds. The minimum absolute atomic E-state index is 0.172. The van der Waals surface area contributed by atoms with Crippen molar-refractivity contribution in [2.45, 2.75) is 25.4 Å².